The third-order valence-corrected chi connectivity index (χ3v) is 4.28. The number of fused-ring (bicyclic) bond motifs is 1. The molecule has 1 saturated carbocycles. The SMILES string of the molecule is CC1CCC(NC(=O)c2cc3cccc(N)c3[nH]2)CC1. The lowest BCUT2D eigenvalue weighted by Gasteiger charge is -2.26. The van der Waals surface area contributed by atoms with Crippen LogP contribution >= 0.6 is 0 Å². The van der Waals surface area contributed by atoms with Gasteiger partial charge in [-0.1, -0.05) is 19.1 Å². The zero-order valence-corrected chi connectivity index (χ0v) is 11.8. The Kier molecular flexibility index (Phi) is 3.38. The van der Waals surface area contributed by atoms with Gasteiger partial charge in [0.25, 0.3) is 5.91 Å². The molecular formula is C16H21N3O. The van der Waals surface area contributed by atoms with Crippen LogP contribution in [0.25, 0.3) is 10.9 Å². The quantitative estimate of drug-likeness (QED) is 0.735. The van der Waals surface area contributed by atoms with Gasteiger partial charge in [0, 0.05) is 11.4 Å². The van der Waals surface area contributed by atoms with Gasteiger partial charge >= 0.3 is 0 Å². The van der Waals surface area contributed by atoms with Crippen molar-refractivity contribution in [1.82, 2.24) is 10.3 Å². The van der Waals surface area contributed by atoms with Crippen LogP contribution in [0.5, 0.6) is 0 Å². The number of hydrogen-bond donors (Lipinski definition) is 3. The summed E-state index contributed by atoms with van der Waals surface area (Å²) in [5, 5.41) is 4.10. The predicted octanol–water partition coefficient (Wildman–Crippen LogP) is 3.06. The average Bonchev–Trinajstić information content (AvgIpc) is 2.87. The Hall–Kier alpha value is -1.97. The van der Waals surface area contributed by atoms with E-state index in [1.54, 1.807) is 0 Å². The van der Waals surface area contributed by atoms with Gasteiger partial charge in [-0.2, -0.15) is 0 Å². The normalized spacial score (nSPS) is 22.9. The molecule has 4 nitrogen and oxygen atoms in total. The van der Waals surface area contributed by atoms with Gasteiger partial charge in [-0.3, -0.25) is 4.79 Å². The highest BCUT2D eigenvalue weighted by atomic mass is 16.1. The summed E-state index contributed by atoms with van der Waals surface area (Å²) in [6.07, 6.45) is 4.56. The Morgan fingerprint density at radius 1 is 1.30 bits per heavy atom. The highest BCUT2D eigenvalue weighted by molar-refractivity contribution is 6.00. The first-order valence-electron chi connectivity index (χ1n) is 7.31. The Morgan fingerprint density at radius 3 is 2.75 bits per heavy atom. The monoisotopic (exact) mass is 271 g/mol. The average molecular weight is 271 g/mol. The van der Waals surface area contributed by atoms with Crippen molar-refractivity contribution >= 4 is 22.5 Å². The van der Waals surface area contributed by atoms with Gasteiger partial charge in [0.2, 0.25) is 0 Å². The maximum Gasteiger partial charge on any atom is 0.267 e. The Bertz CT molecular complexity index is 624. The van der Waals surface area contributed by atoms with Crippen LogP contribution in [0.2, 0.25) is 0 Å². The summed E-state index contributed by atoms with van der Waals surface area (Å²) in [7, 11) is 0. The molecule has 106 valence electrons. The van der Waals surface area contributed by atoms with E-state index in [0.717, 1.165) is 29.7 Å². The van der Waals surface area contributed by atoms with Crippen LogP contribution in [0.4, 0.5) is 5.69 Å². The summed E-state index contributed by atoms with van der Waals surface area (Å²) in [5.41, 5.74) is 8.02. The number of anilines is 1. The first-order valence-corrected chi connectivity index (χ1v) is 7.31. The maximum atomic E-state index is 12.3. The minimum atomic E-state index is -0.0276. The highest BCUT2D eigenvalue weighted by Gasteiger charge is 2.21. The molecule has 1 aromatic heterocycles. The highest BCUT2D eigenvalue weighted by Crippen LogP contribution is 2.24. The number of rotatable bonds is 2. The third-order valence-electron chi connectivity index (χ3n) is 4.28. The summed E-state index contributed by atoms with van der Waals surface area (Å²) < 4.78 is 0. The lowest BCUT2D eigenvalue weighted by molar-refractivity contribution is 0.0919. The van der Waals surface area contributed by atoms with E-state index in [-0.39, 0.29) is 5.91 Å². The molecule has 1 fully saturated rings. The van der Waals surface area contributed by atoms with Crippen molar-refractivity contribution < 1.29 is 4.79 Å². The van der Waals surface area contributed by atoms with Crippen molar-refractivity contribution in [3.63, 3.8) is 0 Å². The Morgan fingerprint density at radius 2 is 2.05 bits per heavy atom. The molecular weight excluding hydrogens is 250 g/mol. The second-order valence-electron chi connectivity index (χ2n) is 5.92. The van der Waals surface area contributed by atoms with Gasteiger partial charge in [-0.25, -0.2) is 0 Å². The van der Waals surface area contributed by atoms with Crippen molar-refractivity contribution in [1.29, 1.82) is 0 Å². The molecule has 2 aromatic rings. The number of nitrogens with one attached hydrogen (secondary N) is 2. The van der Waals surface area contributed by atoms with Crippen LogP contribution in [0, 0.1) is 5.92 Å². The molecule has 1 aliphatic rings. The van der Waals surface area contributed by atoms with E-state index in [4.69, 9.17) is 5.73 Å². The van der Waals surface area contributed by atoms with Crippen molar-refractivity contribution in [3.05, 3.63) is 30.0 Å². The number of carbonyl (C=O) groups excluding carboxylic acids is 1. The van der Waals surface area contributed by atoms with Gasteiger partial charge in [0.05, 0.1) is 11.2 Å². The summed E-state index contributed by atoms with van der Waals surface area (Å²) in [5.74, 6) is 0.760. The fourth-order valence-electron chi connectivity index (χ4n) is 2.97. The molecule has 0 radical (unpaired) electrons. The third kappa shape index (κ3) is 2.50. The van der Waals surface area contributed by atoms with E-state index in [1.165, 1.54) is 12.8 Å². The molecule has 0 bridgehead atoms. The van der Waals surface area contributed by atoms with Crippen LogP contribution in [-0.2, 0) is 0 Å². The van der Waals surface area contributed by atoms with Crippen molar-refractivity contribution in [3.8, 4) is 0 Å². The molecule has 1 amide bonds. The number of carbonyl (C=O) groups is 1. The van der Waals surface area contributed by atoms with Crippen molar-refractivity contribution in [2.24, 2.45) is 5.92 Å². The second-order valence-corrected chi connectivity index (χ2v) is 5.92. The molecule has 4 N–H and O–H groups in total. The van der Waals surface area contributed by atoms with Crippen LogP contribution < -0.4 is 11.1 Å². The number of hydrogen-bond acceptors (Lipinski definition) is 2. The molecule has 1 aliphatic carbocycles. The molecule has 1 aromatic carbocycles. The number of nitrogens with two attached hydrogens (primary N) is 1. The van der Waals surface area contributed by atoms with Crippen LogP contribution in [0.1, 0.15) is 43.1 Å². The molecule has 0 spiro atoms. The van der Waals surface area contributed by atoms with Gasteiger partial charge in [0.1, 0.15) is 5.69 Å². The molecule has 0 atom stereocenters. The van der Waals surface area contributed by atoms with E-state index >= 15 is 0 Å². The lowest BCUT2D eigenvalue weighted by atomic mass is 9.87. The van der Waals surface area contributed by atoms with Gasteiger partial charge < -0.3 is 16.0 Å². The zero-order chi connectivity index (χ0) is 14.1. The summed E-state index contributed by atoms with van der Waals surface area (Å²) in [6, 6.07) is 7.87. The maximum absolute atomic E-state index is 12.3. The number of aromatic nitrogens is 1. The van der Waals surface area contributed by atoms with Crippen LogP contribution in [-0.4, -0.2) is 16.9 Å². The van der Waals surface area contributed by atoms with E-state index in [1.807, 2.05) is 24.3 Å². The van der Waals surface area contributed by atoms with Gasteiger partial charge in [-0.15, -0.1) is 0 Å². The predicted molar refractivity (Wildman–Crippen MR) is 81.6 cm³/mol. The van der Waals surface area contributed by atoms with E-state index < -0.39 is 0 Å². The minimum Gasteiger partial charge on any atom is -0.397 e. The number of H-pyrrole nitrogens is 1. The minimum absolute atomic E-state index is 0.0276. The number of aromatic amines is 1. The van der Waals surface area contributed by atoms with Crippen LogP contribution in [0.15, 0.2) is 24.3 Å². The topological polar surface area (TPSA) is 70.9 Å². The molecule has 0 saturated heterocycles. The fraction of sp³-hybridized carbons (Fsp3) is 0.438. The molecule has 3 rings (SSSR count). The summed E-state index contributed by atoms with van der Waals surface area (Å²) >= 11 is 0. The molecule has 4 heteroatoms. The molecule has 1 heterocycles. The standard InChI is InChI=1S/C16H21N3O/c1-10-5-7-12(8-6-10)18-16(20)14-9-11-3-2-4-13(17)15(11)19-14/h2-4,9-10,12,19H,5-8,17H2,1H3,(H,18,20). The molecule has 20 heavy (non-hydrogen) atoms. The van der Waals surface area contributed by atoms with E-state index in [9.17, 15) is 4.79 Å². The Labute approximate surface area is 118 Å². The number of amides is 1. The van der Waals surface area contributed by atoms with E-state index in [2.05, 4.69) is 17.2 Å². The van der Waals surface area contributed by atoms with Gasteiger partial charge in [0.15, 0.2) is 0 Å². The summed E-state index contributed by atoms with van der Waals surface area (Å²) in [4.78, 5) is 15.4. The number of benzene rings is 1. The van der Waals surface area contributed by atoms with Gasteiger partial charge in [-0.05, 0) is 43.7 Å². The van der Waals surface area contributed by atoms with Crippen LogP contribution in [0.3, 0.4) is 0 Å². The Balaban J connectivity index is 1.74. The number of para-hydroxylation sites is 1. The zero-order valence-electron chi connectivity index (χ0n) is 11.8. The fourth-order valence-corrected chi connectivity index (χ4v) is 2.97. The first kappa shape index (κ1) is 13.0. The van der Waals surface area contributed by atoms with E-state index in [0.29, 0.717) is 17.4 Å². The second kappa shape index (κ2) is 5.19. The molecule has 0 unspecified atom stereocenters. The lowest BCUT2D eigenvalue weighted by Crippen LogP contribution is -2.37. The smallest absolute Gasteiger partial charge is 0.267 e. The van der Waals surface area contributed by atoms with Crippen molar-refractivity contribution in [2.45, 2.75) is 38.6 Å². The molecule has 0 aliphatic heterocycles. The number of nitrogen functional groups attached to an aromatic ring is 1. The first-order chi connectivity index (χ1) is 9.63. The largest absolute Gasteiger partial charge is 0.397 e. The van der Waals surface area contributed by atoms with Crippen molar-refractivity contribution in [2.75, 3.05) is 5.73 Å². The summed E-state index contributed by atoms with van der Waals surface area (Å²) in [6.45, 7) is 2.28.